The van der Waals surface area contributed by atoms with Crippen LogP contribution in [0.2, 0.25) is 0 Å². The molecule has 1 rings (SSSR count). The van der Waals surface area contributed by atoms with Crippen LogP contribution in [0.4, 0.5) is 13.2 Å². The van der Waals surface area contributed by atoms with Gasteiger partial charge >= 0.3 is 13.1 Å². The summed E-state index contributed by atoms with van der Waals surface area (Å²) in [6.45, 7) is 4.64. The Morgan fingerprint density at radius 2 is 1.84 bits per heavy atom. The van der Waals surface area contributed by atoms with Crippen LogP contribution < -0.4 is 0 Å². The lowest BCUT2D eigenvalue weighted by atomic mass is 10.4. The van der Waals surface area contributed by atoms with Crippen LogP contribution >= 0.6 is 19.4 Å². The van der Waals surface area contributed by atoms with Crippen molar-refractivity contribution >= 4 is 29.5 Å². The monoisotopic (exact) mass is 422 g/mol. The first-order valence-electron chi connectivity index (χ1n) is 7.05. The molecule has 12 heteroatoms. The summed E-state index contributed by atoms with van der Waals surface area (Å²) in [5, 5.41) is 0. The van der Waals surface area contributed by atoms with Crippen molar-refractivity contribution in [2.45, 2.75) is 42.2 Å². The van der Waals surface area contributed by atoms with E-state index in [1.807, 2.05) is 0 Å². The first-order chi connectivity index (χ1) is 11.4. The Balaban J connectivity index is 3.04. The van der Waals surface area contributed by atoms with Gasteiger partial charge in [0.2, 0.25) is 0 Å². The smallest absolute Gasteiger partial charge is 0.307 e. The fraction of sp³-hybridized carbons (Fsp3) is 0.538. The largest absolute Gasteiger partial charge is 0.446 e. The second kappa shape index (κ2) is 8.88. The van der Waals surface area contributed by atoms with Crippen LogP contribution in [0, 0.1) is 0 Å². The van der Waals surface area contributed by atoms with Crippen molar-refractivity contribution in [1.29, 1.82) is 0 Å². The van der Waals surface area contributed by atoms with Crippen molar-refractivity contribution < 1.29 is 39.4 Å². The molecule has 0 spiro atoms. The highest BCUT2D eigenvalue weighted by Crippen LogP contribution is 2.50. The Kier molecular flexibility index (Phi) is 7.97. The number of alkyl halides is 3. The van der Waals surface area contributed by atoms with Crippen molar-refractivity contribution in [2.24, 2.45) is 0 Å². The third kappa shape index (κ3) is 7.67. The Labute approximate surface area is 148 Å². The molecule has 0 aliphatic heterocycles. The van der Waals surface area contributed by atoms with E-state index in [0.717, 1.165) is 12.1 Å². The topological polar surface area (TPSA) is 78.9 Å². The molecule has 144 valence electrons. The van der Waals surface area contributed by atoms with Crippen molar-refractivity contribution in [2.75, 3.05) is 13.0 Å². The molecule has 1 aromatic carbocycles. The number of halogens is 3. The fourth-order valence-corrected chi connectivity index (χ4v) is 5.67. The first-order valence-corrected chi connectivity index (χ1v) is 11.0. The average molecular weight is 422 g/mol. The Morgan fingerprint density at radius 3 is 2.36 bits per heavy atom. The molecule has 25 heavy (non-hydrogen) atoms. The van der Waals surface area contributed by atoms with Gasteiger partial charge in [-0.15, -0.1) is 0 Å². The van der Waals surface area contributed by atoms with Crippen molar-refractivity contribution in [3.63, 3.8) is 0 Å². The molecular formula is C13H18F3O6PS2. The molecular weight excluding hydrogens is 404 g/mol. The maximum absolute atomic E-state index is 12.6. The molecule has 0 aromatic heterocycles. The lowest BCUT2D eigenvalue weighted by Crippen LogP contribution is -2.14. The van der Waals surface area contributed by atoms with E-state index in [1.54, 1.807) is 13.8 Å². The lowest BCUT2D eigenvalue weighted by molar-refractivity contribution is -0.0329. The van der Waals surface area contributed by atoms with Gasteiger partial charge in [-0.25, -0.2) is 0 Å². The number of hydrogen-bond donors (Lipinski definition) is 0. The molecule has 0 aliphatic carbocycles. The summed E-state index contributed by atoms with van der Waals surface area (Å²) in [7, 11) is -8.48. The first kappa shape index (κ1) is 22.5. The highest BCUT2D eigenvalue weighted by molar-refractivity contribution is 8.00. The number of thioether (sulfide) groups is 1. The van der Waals surface area contributed by atoms with Gasteiger partial charge in [0.1, 0.15) is 4.90 Å². The van der Waals surface area contributed by atoms with Gasteiger partial charge in [0.25, 0.3) is 10.1 Å². The molecule has 0 fully saturated rings. The molecule has 0 heterocycles. The van der Waals surface area contributed by atoms with Gasteiger partial charge in [-0.1, -0.05) is 12.1 Å². The van der Waals surface area contributed by atoms with Crippen LogP contribution in [0.1, 0.15) is 20.8 Å². The van der Waals surface area contributed by atoms with E-state index < -0.39 is 57.2 Å². The van der Waals surface area contributed by atoms with E-state index >= 15 is 0 Å². The molecule has 0 radical (unpaired) electrons. The standard InChI is InChI=1S/C13H18F3O6PS2/c1-4-20-23(17,22-10(2)3)9-21-25(18,19)12-8-6-5-7-11(12)24-13(14,15)16/h5-8,10H,4,9H2,1-3H3. The molecule has 0 saturated heterocycles. The van der Waals surface area contributed by atoms with Crippen molar-refractivity contribution in [3.8, 4) is 0 Å². The molecule has 1 atom stereocenters. The van der Waals surface area contributed by atoms with Crippen molar-refractivity contribution in [1.82, 2.24) is 0 Å². The summed E-state index contributed by atoms with van der Waals surface area (Å²) in [6.07, 6.45) is -1.47. The maximum atomic E-state index is 12.6. The van der Waals surface area contributed by atoms with E-state index in [4.69, 9.17) is 9.05 Å². The number of hydrogen-bond acceptors (Lipinski definition) is 7. The summed E-state index contributed by atoms with van der Waals surface area (Å²) in [5.74, 6) is 0. The summed E-state index contributed by atoms with van der Waals surface area (Å²) in [6, 6.07) is 4.49. The van der Waals surface area contributed by atoms with E-state index in [1.165, 1.54) is 19.1 Å². The summed E-state index contributed by atoms with van der Waals surface area (Å²) < 4.78 is 89.3. The minimum atomic E-state index is -4.67. The Bertz CT molecular complexity index is 721. The Hall–Kier alpha value is -0.580. The summed E-state index contributed by atoms with van der Waals surface area (Å²) >= 11 is -0.582. The van der Waals surface area contributed by atoms with Crippen molar-refractivity contribution in [3.05, 3.63) is 24.3 Å². The predicted octanol–water partition coefficient (Wildman–Crippen LogP) is 4.62. The summed E-state index contributed by atoms with van der Waals surface area (Å²) in [4.78, 5) is -1.23. The zero-order chi connectivity index (χ0) is 19.3. The fourth-order valence-electron chi connectivity index (χ4n) is 1.68. The normalized spacial score (nSPS) is 15.3. The Morgan fingerprint density at radius 1 is 1.24 bits per heavy atom. The highest BCUT2D eigenvalue weighted by Gasteiger charge is 2.34. The zero-order valence-electron chi connectivity index (χ0n) is 13.6. The minimum Gasteiger partial charge on any atom is -0.307 e. The lowest BCUT2D eigenvalue weighted by Gasteiger charge is -2.20. The molecule has 0 saturated carbocycles. The van der Waals surface area contributed by atoms with Gasteiger partial charge in [0.15, 0.2) is 6.35 Å². The second-order valence-corrected chi connectivity index (χ2v) is 9.52. The quantitative estimate of drug-likeness (QED) is 0.326. The van der Waals surface area contributed by atoms with E-state index in [0.29, 0.717) is 0 Å². The molecule has 0 aliphatic rings. The van der Waals surface area contributed by atoms with Gasteiger partial charge < -0.3 is 9.05 Å². The zero-order valence-corrected chi connectivity index (χ0v) is 16.2. The van der Waals surface area contributed by atoms with Crippen LogP contribution in [-0.2, 0) is 27.9 Å². The third-order valence-corrected chi connectivity index (χ3v) is 6.68. The molecule has 1 unspecified atom stereocenters. The van der Waals surface area contributed by atoms with Crippen LogP contribution in [0.15, 0.2) is 34.1 Å². The molecule has 0 bridgehead atoms. The summed E-state index contributed by atoms with van der Waals surface area (Å²) in [5.41, 5.74) is -4.67. The van der Waals surface area contributed by atoms with Gasteiger partial charge in [0.05, 0.1) is 12.7 Å². The van der Waals surface area contributed by atoms with E-state index in [-0.39, 0.29) is 6.61 Å². The van der Waals surface area contributed by atoms with Gasteiger partial charge in [-0.3, -0.25) is 8.75 Å². The SMILES string of the molecule is CCOP(=O)(COS(=O)(=O)c1ccccc1SC(F)(F)F)OC(C)C. The van der Waals surface area contributed by atoms with Crippen LogP contribution in [-0.4, -0.2) is 33.0 Å². The average Bonchev–Trinajstić information content (AvgIpc) is 2.43. The molecule has 0 amide bonds. The second-order valence-electron chi connectivity index (χ2n) is 4.88. The molecule has 1 aromatic rings. The predicted molar refractivity (Wildman–Crippen MR) is 86.9 cm³/mol. The molecule has 6 nitrogen and oxygen atoms in total. The maximum Gasteiger partial charge on any atom is 0.446 e. The van der Waals surface area contributed by atoms with E-state index in [2.05, 4.69) is 4.18 Å². The van der Waals surface area contributed by atoms with Gasteiger partial charge in [0, 0.05) is 4.90 Å². The highest BCUT2D eigenvalue weighted by atomic mass is 32.2. The van der Waals surface area contributed by atoms with Gasteiger partial charge in [-0.05, 0) is 44.7 Å². The minimum absolute atomic E-state index is 0.0199. The van der Waals surface area contributed by atoms with Gasteiger partial charge in [-0.2, -0.15) is 21.6 Å². The van der Waals surface area contributed by atoms with Crippen LogP contribution in [0.5, 0.6) is 0 Å². The van der Waals surface area contributed by atoms with Crippen LogP contribution in [0.3, 0.4) is 0 Å². The number of benzene rings is 1. The third-order valence-electron chi connectivity index (χ3n) is 2.41. The number of rotatable bonds is 9. The van der Waals surface area contributed by atoms with Crippen LogP contribution in [0.25, 0.3) is 0 Å². The van der Waals surface area contributed by atoms with E-state index in [9.17, 15) is 26.2 Å². The molecule has 0 N–H and O–H groups in total.